The van der Waals surface area contributed by atoms with Crippen molar-refractivity contribution in [2.24, 2.45) is 0 Å². The van der Waals surface area contributed by atoms with Crippen molar-refractivity contribution in [3.8, 4) is 0 Å². The van der Waals surface area contributed by atoms with Crippen molar-refractivity contribution in [1.82, 2.24) is 0 Å². The Kier molecular flexibility index (Phi) is 9730. The van der Waals surface area contributed by atoms with Crippen molar-refractivity contribution >= 4 is 0 Å². The molecule has 0 atom stereocenters. The van der Waals surface area contributed by atoms with Crippen LogP contribution in [0.2, 0.25) is 0 Å². The first-order valence-electron chi connectivity index (χ1n) is 0. The second-order valence-corrected chi connectivity index (χ2v) is 0. The fourth-order valence-corrected chi connectivity index (χ4v) is 0. The summed E-state index contributed by atoms with van der Waals surface area (Å²) in [4.78, 5) is 0. The van der Waals surface area contributed by atoms with Crippen LogP contribution in [0.25, 0.3) is 0 Å². The molecule has 4 nitrogen and oxygen atoms in total. The van der Waals surface area contributed by atoms with Gasteiger partial charge in [0.05, 0.1) is 0 Å². The molecule has 0 bridgehead atoms. The number of hydrogen-bond donors (Lipinski definition) is 0. The molecule has 6 heteroatoms. The average Bonchev–Trinajstić information content (AvgIpc) is 0. The van der Waals surface area contributed by atoms with E-state index in [0.29, 0.717) is 0 Å². The van der Waals surface area contributed by atoms with Crippen molar-refractivity contribution in [3.05, 3.63) is 0 Å². The molecular formula is H6CoMnO4. The van der Waals surface area contributed by atoms with Gasteiger partial charge in [-0.25, -0.2) is 0 Å². The van der Waals surface area contributed by atoms with Gasteiger partial charge in [0.15, 0.2) is 0 Å². The third-order valence-electron chi connectivity index (χ3n) is 0. The van der Waals surface area contributed by atoms with Crippen LogP contribution < -0.4 is 0 Å². The summed E-state index contributed by atoms with van der Waals surface area (Å²) in [6, 6.07) is 0. The first-order chi connectivity index (χ1) is 0. The van der Waals surface area contributed by atoms with Crippen molar-refractivity contribution < 1.29 is 55.8 Å². The van der Waals surface area contributed by atoms with Crippen LogP contribution >= 0.6 is 0 Å². The zero-order chi connectivity index (χ0) is 0. The van der Waals surface area contributed by atoms with Gasteiger partial charge in [-0.3, -0.25) is 0 Å². The molecule has 0 aliphatic rings. The van der Waals surface area contributed by atoms with E-state index >= 15 is 0 Å². The van der Waals surface area contributed by atoms with E-state index in [4.69, 9.17) is 0 Å². The van der Waals surface area contributed by atoms with Gasteiger partial charge in [0.1, 0.15) is 0 Å². The van der Waals surface area contributed by atoms with Gasteiger partial charge in [-0.15, -0.1) is 0 Å². The molecule has 2 radical (unpaired) electrons. The summed E-state index contributed by atoms with van der Waals surface area (Å²) in [6.07, 6.45) is 0. The summed E-state index contributed by atoms with van der Waals surface area (Å²) in [5, 5.41) is 0. The third-order valence-corrected chi connectivity index (χ3v) is 0. The first-order valence-corrected chi connectivity index (χ1v) is 0. The van der Waals surface area contributed by atoms with Gasteiger partial charge in [-0.2, -0.15) is 0 Å². The summed E-state index contributed by atoms with van der Waals surface area (Å²) in [5.41, 5.74) is 0. The molecule has 0 saturated heterocycles. The zero-order valence-corrected chi connectivity index (χ0v) is 4.83. The predicted octanol–water partition coefficient (Wildman–Crippen LogP) is -2.01. The molecule has 0 aliphatic heterocycles. The van der Waals surface area contributed by atoms with Gasteiger partial charge in [-0.1, -0.05) is 0 Å². The standard InChI is InChI=1S/Co.Mn.4H2O/h;;4*1H2/q;+2;;;;/p-2. The largest absolute Gasteiger partial charge is 2.00 e. The second-order valence-electron chi connectivity index (χ2n) is 0. The zero-order valence-electron chi connectivity index (χ0n) is 2.61. The van der Waals surface area contributed by atoms with Crippen LogP contribution in [-0.4, -0.2) is 21.9 Å². The minimum atomic E-state index is 0. The number of rotatable bonds is 0. The number of hydrogen-bond acceptors (Lipinski definition) is 2. The van der Waals surface area contributed by atoms with E-state index in [9.17, 15) is 0 Å². The van der Waals surface area contributed by atoms with E-state index in [-0.39, 0.29) is 55.8 Å². The summed E-state index contributed by atoms with van der Waals surface area (Å²) < 4.78 is 0. The molecule has 0 unspecified atom stereocenters. The fourth-order valence-electron chi connectivity index (χ4n) is 0. The summed E-state index contributed by atoms with van der Waals surface area (Å²) in [5.74, 6) is 0. The molecule has 0 amide bonds. The molecule has 0 fully saturated rings. The molecule has 0 heterocycles. The van der Waals surface area contributed by atoms with Gasteiger partial charge < -0.3 is 21.9 Å². The van der Waals surface area contributed by atoms with E-state index in [0.717, 1.165) is 0 Å². The molecule has 0 saturated carbocycles. The van der Waals surface area contributed by atoms with Crippen LogP contribution in [0.5, 0.6) is 0 Å². The van der Waals surface area contributed by atoms with Crippen LogP contribution in [0.3, 0.4) is 0 Å². The molecule has 0 aromatic rings. The van der Waals surface area contributed by atoms with E-state index in [1.165, 1.54) is 0 Å². The van der Waals surface area contributed by atoms with Crippen molar-refractivity contribution in [2.75, 3.05) is 0 Å². The normalized spacial score (nSPS) is 0. The van der Waals surface area contributed by atoms with Gasteiger partial charge in [-0.05, 0) is 0 Å². The van der Waals surface area contributed by atoms with Crippen molar-refractivity contribution in [2.45, 2.75) is 0 Å². The molecule has 0 rings (SSSR count). The van der Waals surface area contributed by atoms with E-state index in [1.54, 1.807) is 0 Å². The molecule has 6 N–H and O–H groups in total. The molecule has 0 aromatic heterocycles. The SMILES string of the molecule is O.O.[Co].[Mn+2].[OH-].[OH-]. The van der Waals surface area contributed by atoms with Crippen LogP contribution in [0.15, 0.2) is 0 Å². The Balaban J connectivity index is 0. The Morgan fingerprint density at radius 3 is 0.667 bits per heavy atom. The maximum Gasteiger partial charge on any atom is 2.00 e. The molecule has 0 aromatic carbocycles. The Labute approximate surface area is 56.2 Å². The maximum atomic E-state index is 0. The molecule has 46 valence electrons. The molecular weight excluding hydrogens is 178 g/mol. The third kappa shape index (κ3) is 97.0. The first kappa shape index (κ1) is 315. The second kappa shape index (κ2) is 185. The molecule has 0 spiro atoms. The monoisotopic (exact) mass is 184 g/mol. The van der Waals surface area contributed by atoms with Gasteiger partial charge in [0.2, 0.25) is 0 Å². The minimum Gasteiger partial charge on any atom is -0.870 e. The minimum absolute atomic E-state index is 0. The van der Waals surface area contributed by atoms with E-state index in [2.05, 4.69) is 0 Å². The van der Waals surface area contributed by atoms with Crippen LogP contribution in [0.1, 0.15) is 0 Å². The molecule has 6 heavy (non-hydrogen) atoms. The Morgan fingerprint density at radius 2 is 0.667 bits per heavy atom. The van der Waals surface area contributed by atoms with E-state index in [1.807, 2.05) is 0 Å². The maximum absolute atomic E-state index is 0. The summed E-state index contributed by atoms with van der Waals surface area (Å²) >= 11 is 0. The fraction of sp³-hybridized carbons (Fsp3) is 0. The van der Waals surface area contributed by atoms with Crippen molar-refractivity contribution in [1.29, 1.82) is 0 Å². The van der Waals surface area contributed by atoms with Crippen molar-refractivity contribution in [3.63, 3.8) is 0 Å². The van der Waals surface area contributed by atoms with Gasteiger partial charge in [0, 0.05) is 16.8 Å². The van der Waals surface area contributed by atoms with Crippen LogP contribution in [-0.2, 0) is 33.8 Å². The Morgan fingerprint density at radius 1 is 0.667 bits per heavy atom. The quantitative estimate of drug-likeness (QED) is 0.403. The average molecular weight is 184 g/mol. The summed E-state index contributed by atoms with van der Waals surface area (Å²) in [6.45, 7) is 0. The molecule has 0 aliphatic carbocycles. The smallest absolute Gasteiger partial charge is 0.870 e. The predicted molar refractivity (Wildman–Crippen MR) is 11.1 cm³/mol. The van der Waals surface area contributed by atoms with Crippen LogP contribution in [0.4, 0.5) is 0 Å². The van der Waals surface area contributed by atoms with Gasteiger partial charge >= 0.3 is 17.1 Å². The Hall–Kier alpha value is 0.866. The van der Waals surface area contributed by atoms with Crippen LogP contribution in [0, 0.1) is 0 Å². The van der Waals surface area contributed by atoms with Gasteiger partial charge in [0.25, 0.3) is 0 Å². The topological polar surface area (TPSA) is 123 Å². The summed E-state index contributed by atoms with van der Waals surface area (Å²) in [7, 11) is 0. The van der Waals surface area contributed by atoms with E-state index < -0.39 is 0 Å². The Bertz CT molecular complexity index is 7.51.